The molecule has 6 heteroatoms. The number of amides is 1. The molecule has 24 heavy (non-hydrogen) atoms. The van der Waals surface area contributed by atoms with Crippen molar-refractivity contribution in [2.75, 3.05) is 6.61 Å². The number of para-hydroxylation sites is 1. The van der Waals surface area contributed by atoms with Gasteiger partial charge >= 0.3 is 0 Å². The van der Waals surface area contributed by atoms with Gasteiger partial charge in [0.25, 0.3) is 5.91 Å². The van der Waals surface area contributed by atoms with Crippen molar-refractivity contribution >= 4 is 18.3 Å². The van der Waals surface area contributed by atoms with Crippen LogP contribution in [0.25, 0.3) is 0 Å². The van der Waals surface area contributed by atoms with Crippen LogP contribution < -0.4 is 15.8 Å². The Morgan fingerprint density at radius 3 is 2.62 bits per heavy atom. The summed E-state index contributed by atoms with van der Waals surface area (Å²) in [5.41, 5.74) is 6.41. The highest BCUT2D eigenvalue weighted by molar-refractivity contribution is 5.97. The predicted octanol–water partition coefficient (Wildman–Crippen LogP) is 3.28. The fourth-order valence-electron chi connectivity index (χ4n) is 4.23. The van der Waals surface area contributed by atoms with E-state index in [1.165, 1.54) is 12.5 Å². The van der Waals surface area contributed by atoms with Gasteiger partial charge in [0.15, 0.2) is 11.6 Å². The quantitative estimate of drug-likeness (QED) is 0.870. The van der Waals surface area contributed by atoms with Gasteiger partial charge in [-0.2, -0.15) is 0 Å². The van der Waals surface area contributed by atoms with E-state index in [0.717, 1.165) is 25.7 Å². The Kier molecular flexibility index (Phi) is 6.47. The van der Waals surface area contributed by atoms with Crippen molar-refractivity contribution in [2.45, 2.75) is 51.1 Å². The molecule has 1 aromatic carbocycles. The van der Waals surface area contributed by atoms with Crippen LogP contribution >= 0.6 is 12.4 Å². The molecule has 0 aromatic heterocycles. The summed E-state index contributed by atoms with van der Waals surface area (Å²) in [4.78, 5) is 12.7. The fourth-order valence-corrected chi connectivity index (χ4v) is 4.23. The molecule has 0 saturated heterocycles. The lowest BCUT2D eigenvalue weighted by Crippen LogP contribution is -2.53. The standard InChI is InChI=1S/C18H25FN2O2.ClH/c1-2-23-17-14(7-4-8-15(17)19)18(22)21-16-11-5-3-6-12(16)10-13(20)9-11;/h4,7-8,11-13,16H,2-3,5-6,9-10,20H2,1H3,(H,21,22);1H. The van der Waals surface area contributed by atoms with Gasteiger partial charge in [-0.05, 0) is 56.6 Å². The van der Waals surface area contributed by atoms with Crippen molar-refractivity contribution < 1.29 is 13.9 Å². The van der Waals surface area contributed by atoms with Crippen LogP contribution in [0.1, 0.15) is 49.4 Å². The molecule has 0 aliphatic heterocycles. The number of hydrogen-bond donors (Lipinski definition) is 2. The molecule has 0 spiro atoms. The summed E-state index contributed by atoms with van der Waals surface area (Å²) < 4.78 is 19.3. The highest BCUT2D eigenvalue weighted by atomic mass is 35.5. The van der Waals surface area contributed by atoms with Crippen molar-refractivity contribution in [2.24, 2.45) is 17.6 Å². The number of benzene rings is 1. The molecule has 3 N–H and O–H groups in total. The van der Waals surface area contributed by atoms with E-state index in [9.17, 15) is 9.18 Å². The molecular weight excluding hydrogens is 331 g/mol. The second kappa shape index (κ2) is 8.17. The first-order chi connectivity index (χ1) is 11.1. The van der Waals surface area contributed by atoms with Crippen molar-refractivity contribution in [3.8, 4) is 5.75 Å². The summed E-state index contributed by atoms with van der Waals surface area (Å²) in [6.45, 7) is 2.10. The van der Waals surface area contributed by atoms with Gasteiger partial charge in [-0.3, -0.25) is 4.79 Å². The van der Waals surface area contributed by atoms with Crippen molar-refractivity contribution in [3.63, 3.8) is 0 Å². The number of nitrogens with two attached hydrogens (primary N) is 1. The van der Waals surface area contributed by atoms with Crippen molar-refractivity contribution in [1.82, 2.24) is 5.32 Å². The third-order valence-electron chi connectivity index (χ3n) is 5.17. The Morgan fingerprint density at radius 1 is 1.33 bits per heavy atom. The minimum absolute atomic E-state index is 0. The van der Waals surface area contributed by atoms with E-state index in [2.05, 4.69) is 5.32 Å². The zero-order chi connectivity index (χ0) is 16.4. The molecule has 0 radical (unpaired) electrons. The molecule has 1 amide bonds. The number of ether oxygens (including phenoxy) is 1. The van der Waals surface area contributed by atoms with Gasteiger partial charge in [0, 0.05) is 12.1 Å². The fraction of sp³-hybridized carbons (Fsp3) is 0.611. The smallest absolute Gasteiger partial charge is 0.255 e. The van der Waals surface area contributed by atoms with Gasteiger partial charge in [0.05, 0.1) is 12.2 Å². The highest BCUT2D eigenvalue weighted by Gasteiger charge is 2.40. The minimum atomic E-state index is -0.495. The Balaban J connectivity index is 0.00000208. The number of fused-ring (bicyclic) bond motifs is 2. The molecule has 2 unspecified atom stereocenters. The number of hydrogen-bond acceptors (Lipinski definition) is 3. The van der Waals surface area contributed by atoms with Gasteiger partial charge in [-0.1, -0.05) is 12.5 Å². The van der Waals surface area contributed by atoms with Crippen LogP contribution in [0.3, 0.4) is 0 Å². The van der Waals surface area contributed by atoms with Crippen LogP contribution in [-0.4, -0.2) is 24.6 Å². The zero-order valence-corrected chi connectivity index (χ0v) is 14.8. The molecule has 3 rings (SSSR count). The third kappa shape index (κ3) is 3.83. The maximum atomic E-state index is 13.9. The van der Waals surface area contributed by atoms with E-state index in [4.69, 9.17) is 10.5 Å². The van der Waals surface area contributed by atoms with E-state index in [1.807, 2.05) is 0 Å². The van der Waals surface area contributed by atoms with Crippen LogP contribution in [0.5, 0.6) is 5.75 Å². The number of nitrogens with one attached hydrogen (secondary N) is 1. The Morgan fingerprint density at radius 2 is 2.00 bits per heavy atom. The molecule has 2 bridgehead atoms. The number of carbonyl (C=O) groups is 1. The van der Waals surface area contributed by atoms with Crippen LogP contribution in [0.15, 0.2) is 18.2 Å². The summed E-state index contributed by atoms with van der Waals surface area (Å²) in [6, 6.07) is 4.87. The van der Waals surface area contributed by atoms with E-state index in [0.29, 0.717) is 18.4 Å². The first-order valence-corrected chi connectivity index (χ1v) is 8.58. The largest absolute Gasteiger partial charge is 0.490 e. The lowest BCUT2D eigenvalue weighted by Gasteiger charge is -2.45. The number of rotatable bonds is 4. The van der Waals surface area contributed by atoms with Crippen molar-refractivity contribution in [3.05, 3.63) is 29.6 Å². The van der Waals surface area contributed by atoms with Crippen LogP contribution in [0, 0.1) is 17.7 Å². The molecule has 2 saturated carbocycles. The van der Waals surface area contributed by atoms with E-state index < -0.39 is 5.82 Å². The molecule has 0 heterocycles. The first kappa shape index (κ1) is 19.0. The maximum absolute atomic E-state index is 13.9. The average molecular weight is 357 g/mol. The summed E-state index contributed by atoms with van der Waals surface area (Å²) in [6.07, 6.45) is 5.34. The molecule has 2 aliphatic rings. The molecule has 4 nitrogen and oxygen atoms in total. The molecule has 2 aliphatic carbocycles. The van der Waals surface area contributed by atoms with Gasteiger partial charge in [0.1, 0.15) is 0 Å². The zero-order valence-electron chi connectivity index (χ0n) is 14.0. The lowest BCUT2D eigenvalue weighted by molar-refractivity contribution is 0.0752. The molecule has 2 atom stereocenters. The summed E-state index contributed by atoms with van der Waals surface area (Å²) >= 11 is 0. The summed E-state index contributed by atoms with van der Waals surface area (Å²) in [7, 11) is 0. The van der Waals surface area contributed by atoms with Gasteiger partial charge in [0.2, 0.25) is 0 Å². The average Bonchev–Trinajstić information content (AvgIpc) is 2.50. The van der Waals surface area contributed by atoms with Crippen LogP contribution in [-0.2, 0) is 0 Å². The van der Waals surface area contributed by atoms with Gasteiger partial charge in [-0.25, -0.2) is 4.39 Å². The number of halogens is 2. The van der Waals surface area contributed by atoms with E-state index in [-0.39, 0.29) is 41.7 Å². The molecule has 134 valence electrons. The van der Waals surface area contributed by atoms with Crippen LogP contribution in [0.4, 0.5) is 4.39 Å². The van der Waals surface area contributed by atoms with E-state index >= 15 is 0 Å². The monoisotopic (exact) mass is 356 g/mol. The lowest BCUT2D eigenvalue weighted by atomic mass is 9.67. The summed E-state index contributed by atoms with van der Waals surface area (Å²) in [5, 5.41) is 3.14. The molecular formula is C18H26ClFN2O2. The highest BCUT2D eigenvalue weighted by Crippen LogP contribution is 2.40. The second-order valence-electron chi connectivity index (χ2n) is 6.73. The van der Waals surface area contributed by atoms with Gasteiger partial charge in [-0.15, -0.1) is 12.4 Å². The Hall–Kier alpha value is -1.33. The summed E-state index contributed by atoms with van der Waals surface area (Å²) in [5.74, 6) is 0.178. The SMILES string of the molecule is CCOc1c(F)cccc1C(=O)NC1C2CCCC1CC(N)C2.Cl. The van der Waals surface area contributed by atoms with Crippen molar-refractivity contribution in [1.29, 1.82) is 0 Å². The predicted molar refractivity (Wildman–Crippen MR) is 94.1 cm³/mol. The second-order valence-corrected chi connectivity index (χ2v) is 6.73. The Labute approximate surface area is 148 Å². The topological polar surface area (TPSA) is 64.3 Å². The molecule has 1 aromatic rings. The third-order valence-corrected chi connectivity index (χ3v) is 5.17. The minimum Gasteiger partial charge on any atom is -0.490 e. The van der Waals surface area contributed by atoms with Gasteiger partial charge < -0.3 is 15.8 Å². The first-order valence-electron chi connectivity index (χ1n) is 8.58. The number of carbonyl (C=O) groups excluding carboxylic acids is 1. The Bertz CT molecular complexity index is 570. The normalized spacial score (nSPS) is 28.6. The maximum Gasteiger partial charge on any atom is 0.255 e. The molecule has 2 fully saturated rings. The van der Waals surface area contributed by atoms with Crippen LogP contribution in [0.2, 0.25) is 0 Å². The van der Waals surface area contributed by atoms with E-state index in [1.54, 1.807) is 19.1 Å².